The Morgan fingerprint density at radius 1 is 1.03 bits per heavy atom. The Labute approximate surface area is 201 Å². The minimum Gasteiger partial charge on any atom is -0.497 e. The summed E-state index contributed by atoms with van der Waals surface area (Å²) >= 11 is 0. The predicted molar refractivity (Wildman–Crippen MR) is 131 cm³/mol. The molecule has 0 bridgehead atoms. The molecule has 9 heteroatoms. The molecule has 5 rings (SSSR count). The first kappa shape index (κ1) is 22.1. The zero-order chi connectivity index (χ0) is 24.2. The molecular weight excluding hydrogens is 444 g/mol. The number of H-pyrrole nitrogens is 1. The summed E-state index contributed by atoms with van der Waals surface area (Å²) in [5, 5.41) is 11.6. The third-order valence-electron chi connectivity index (χ3n) is 5.78. The summed E-state index contributed by atoms with van der Waals surface area (Å²) < 4.78 is 12.4. The van der Waals surface area contributed by atoms with Crippen LogP contribution in [0.15, 0.2) is 79.3 Å². The Hall–Kier alpha value is -4.66. The second-order valence-corrected chi connectivity index (χ2v) is 7.95. The monoisotopic (exact) mass is 468 g/mol. The number of benzene rings is 3. The van der Waals surface area contributed by atoms with E-state index in [1.165, 1.54) is 0 Å². The van der Waals surface area contributed by atoms with Crippen LogP contribution in [0.4, 0.5) is 0 Å². The molecule has 9 nitrogen and oxygen atoms in total. The molecule has 0 aliphatic rings. The molecule has 0 saturated carbocycles. The minimum absolute atomic E-state index is 0.211. The molecule has 35 heavy (non-hydrogen) atoms. The van der Waals surface area contributed by atoms with Gasteiger partial charge in [0.25, 0.3) is 0 Å². The van der Waals surface area contributed by atoms with E-state index in [9.17, 15) is 4.79 Å². The van der Waals surface area contributed by atoms with Crippen molar-refractivity contribution >= 4 is 16.9 Å². The van der Waals surface area contributed by atoms with Gasteiger partial charge in [-0.15, -0.1) is 5.10 Å². The summed E-state index contributed by atoms with van der Waals surface area (Å²) in [6, 6.07) is 20.1. The summed E-state index contributed by atoms with van der Waals surface area (Å²) in [7, 11) is 3.19. The molecule has 3 aromatic carbocycles. The molecule has 1 amide bonds. The normalized spacial score (nSPS) is 11.8. The van der Waals surface area contributed by atoms with E-state index < -0.39 is 6.04 Å². The maximum Gasteiger partial charge on any atom is 0.249 e. The highest BCUT2D eigenvalue weighted by molar-refractivity contribution is 5.86. The van der Waals surface area contributed by atoms with Gasteiger partial charge >= 0.3 is 0 Å². The van der Waals surface area contributed by atoms with Gasteiger partial charge in [0.1, 0.15) is 17.0 Å². The highest BCUT2D eigenvalue weighted by atomic mass is 16.5. The molecule has 0 aliphatic heterocycles. The molecular formula is C26H24N6O3. The number of nitrogens with zero attached hydrogens (tertiary/aromatic N) is 4. The average Bonchev–Trinajstić information content (AvgIpc) is 3.59. The molecule has 1 unspecified atom stereocenters. The van der Waals surface area contributed by atoms with Crippen LogP contribution < -0.4 is 14.8 Å². The van der Waals surface area contributed by atoms with E-state index >= 15 is 0 Å². The maximum absolute atomic E-state index is 13.6. The van der Waals surface area contributed by atoms with Crippen LogP contribution in [0.25, 0.3) is 22.3 Å². The Kier molecular flexibility index (Phi) is 6.13. The first-order chi connectivity index (χ1) is 17.2. The standard InChI is InChI=1S/C26H24N6O3/c1-34-20-11-17(12-21(13-20)35-2)14-28-26(33)25(32-24-6-4-3-5-22(24)30-31-32)19-9-7-18(8-10-19)23-15-27-16-29-23/h3-13,15-16,25H,14H2,1-2H3,(H,27,29)(H,28,33). The third kappa shape index (κ3) is 4.56. The van der Waals surface area contributed by atoms with Gasteiger partial charge in [-0.2, -0.15) is 0 Å². The van der Waals surface area contributed by atoms with Crippen molar-refractivity contribution in [2.75, 3.05) is 14.2 Å². The van der Waals surface area contributed by atoms with Crippen molar-refractivity contribution in [3.63, 3.8) is 0 Å². The average molecular weight is 469 g/mol. The van der Waals surface area contributed by atoms with Crippen molar-refractivity contribution in [1.29, 1.82) is 0 Å². The van der Waals surface area contributed by atoms with E-state index in [2.05, 4.69) is 25.6 Å². The zero-order valence-electron chi connectivity index (χ0n) is 19.3. The van der Waals surface area contributed by atoms with Crippen molar-refractivity contribution in [2.24, 2.45) is 0 Å². The van der Waals surface area contributed by atoms with Gasteiger partial charge < -0.3 is 19.8 Å². The second-order valence-electron chi connectivity index (χ2n) is 7.95. The molecule has 0 fully saturated rings. The number of carbonyl (C=O) groups excluding carboxylic acids is 1. The molecule has 5 aromatic rings. The predicted octanol–water partition coefficient (Wildman–Crippen LogP) is 3.74. The minimum atomic E-state index is -0.717. The fraction of sp³-hybridized carbons (Fsp3) is 0.154. The van der Waals surface area contributed by atoms with Crippen molar-refractivity contribution in [2.45, 2.75) is 12.6 Å². The number of ether oxygens (including phenoxy) is 2. The fourth-order valence-electron chi connectivity index (χ4n) is 3.99. The molecule has 176 valence electrons. The largest absolute Gasteiger partial charge is 0.497 e. The third-order valence-corrected chi connectivity index (χ3v) is 5.78. The van der Waals surface area contributed by atoms with E-state index in [1.54, 1.807) is 37.5 Å². The second kappa shape index (κ2) is 9.68. The van der Waals surface area contributed by atoms with Gasteiger partial charge in [0.15, 0.2) is 6.04 Å². The summed E-state index contributed by atoms with van der Waals surface area (Å²) in [4.78, 5) is 20.8. The number of aromatic nitrogens is 5. The first-order valence-electron chi connectivity index (χ1n) is 11.0. The lowest BCUT2D eigenvalue weighted by atomic mass is 10.0. The van der Waals surface area contributed by atoms with E-state index in [-0.39, 0.29) is 5.91 Å². The summed E-state index contributed by atoms with van der Waals surface area (Å²) in [6.07, 6.45) is 3.39. The number of hydrogen-bond donors (Lipinski definition) is 2. The number of rotatable bonds is 8. The molecule has 0 saturated heterocycles. The van der Waals surface area contributed by atoms with Gasteiger partial charge in [-0.05, 0) is 41.0 Å². The van der Waals surface area contributed by atoms with Crippen LogP contribution in [0, 0.1) is 0 Å². The first-order valence-corrected chi connectivity index (χ1v) is 11.0. The number of aromatic amines is 1. The van der Waals surface area contributed by atoms with Crippen molar-refractivity contribution in [3.05, 3.63) is 90.4 Å². The van der Waals surface area contributed by atoms with Crippen LogP contribution in [-0.2, 0) is 11.3 Å². The van der Waals surface area contributed by atoms with Gasteiger partial charge in [0.2, 0.25) is 5.91 Å². The highest BCUT2D eigenvalue weighted by Gasteiger charge is 2.26. The maximum atomic E-state index is 13.6. The zero-order valence-corrected chi connectivity index (χ0v) is 19.3. The van der Waals surface area contributed by atoms with Gasteiger partial charge in [-0.3, -0.25) is 4.79 Å². The van der Waals surface area contributed by atoms with Gasteiger partial charge in [-0.25, -0.2) is 9.67 Å². The van der Waals surface area contributed by atoms with Gasteiger partial charge in [0.05, 0.1) is 38.0 Å². The number of hydrogen-bond acceptors (Lipinski definition) is 6. The number of amides is 1. The number of para-hydroxylation sites is 1. The van der Waals surface area contributed by atoms with Crippen LogP contribution in [0.5, 0.6) is 11.5 Å². The quantitative estimate of drug-likeness (QED) is 0.359. The topological polar surface area (TPSA) is 107 Å². The molecule has 0 aliphatic carbocycles. The van der Waals surface area contributed by atoms with E-state index in [0.29, 0.717) is 18.0 Å². The lowest BCUT2D eigenvalue weighted by Gasteiger charge is -2.19. The molecule has 0 radical (unpaired) electrons. The summed E-state index contributed by atoms with van der Waals surface area (Å²) in [6.45, 7) is 0.293. The Balaban J connectivity index is 1.47. The van der Waals surface area contributed by atoms with Gasteiger partial charge in [-0.1, -0.05) is 41.6 Å². The van der Waals surface area contributed by atoms with Crippen LogP contribution in [-0.4, -0.2) is 45.1 Å². The number of methoxy groups -OCH3 is 2. The highest BCUT2D eigenvalue weighted by Crippen LogP contribution is 2.26. The van der Waals surface area contributed by atoms with Crippen LogP contribution in [0.2, 0.25) is 0 Å². The number of nitrogens with one attached hydrogen (secondary N) is 2. The molecule has 0 spiro atoms. The van der Waals surface area contributed by atoms with E-state index in [0.717, 1.165) is 33.4 Å². The number of fused-ring (bicyclic) bond motifs is 1. The Morgan fingerprint density at radius 3 is 2.46 bits per heavy atom. The van der Waals surface area contributed by atoms with Crippen LogP contribution in [0.3, 0.4) is 0 Å². The summed E-state index contributed by atoms with van der Waals surface area (Å²) in [5.41, 5.74) is 4.99. The van der Waals surface area contributed by atoms with Crippen molar-refractivity contribution < 1.29 is 14.3 Å². The lowest BCUT2D eigenvalue weighted by molar-refractivity contribution is -0.123. The fourth-order valence-corrected chi connectivity index (χ4v) is 3.99. The van der Waals surface area contributed by atoms with E-state index in [1.807, 2.05) is 60.7 Å². The van der Waals surface area contributed by atoms with Crippen LogP contribution >= 0.6 is 0 Å². The summed E-state index contributed by atoms with van der Waals surface area (Å²) in [5.74, 6) is 1.10. The molecule has 2 aromatic heterocycles. The van der Waals surface area contributed by atoms with E-state index in [4.69, 9.17) is 9.47 Å². The van der Waals surface area contributed by atoms with Crippen LogP contribution in [0.1, 0.15) is 17.2 Å². The molecule has 1 atom stereocenters. The number of imidazole rings is 1. The smallest absolute Gasteiger partial charge is 0.249 e. The Bertz CT molecular complexity index is 1420. The SMILES string of the molecule is COc1cc(CNC(=O)C(c2ccc(-c3cnc[nH]3)cc2)n2nnc3ccccc32)cc(OC)c1. The lowest BCUT2D eigenvalue weighted by Crippen LogP contribution is -2.33. The molecule has 2 N–H and O–H groups in total. The van der Waals surface area contributed by atoms with Gasteiger partial charge in [0, 0.05) is 12.6 Å². The van der Waals surface area contributed by atoms with Crippen molar-refractivity contribution in [3.8, 4) is 22.8 Å². The van der Waals surface area contributed by atoms with Crippen molar-refractivity contribution in [1.82, 2.24) is 30.3 Å². The Morgan fingerprint density at radius 2 is 1.77 bits per heavy atom. The number of carbonyl (C=O) groups is 1. The molecule has 2 heterocycles.